The van der Waals surface area contributed by atoms with E-state index in [1.165, 1.54) is 13.2 Å². The van der Waals surface area contributed by atoms with E-state index in [-0.39, 0.29) is 29.6 Å². The van der Waals surface area contributed by atoms with Gasteiger partial charge in [-0.3, -0.25) is 4.79 Å². The lowest BCUT2D eigenvalue weighted by Gasteiger charge is -2.31. The fraction of sp³-hybridized carbons (Fsp3) is 0.333. The molecule has 1 fully saturated rings. The topological polar surface area (TPSA) is 63.2 Å². The standard InChI is InChI=1S/C21H16F3NO3/c1-27-17-5-3-15(20(11-25)8-6-13(26)7-9-20)18-14-10-12(21(22,23)24)2-4-16(14)28-19(17)18/h2-5,10H,6-9H2,1H3. The van der Waals surface area contributed by atoms with Crippen molar-refractivity contribution in [3.05, 3.63) is 41.5 Å². The highest BCUT2D eigenvalue weighted by Gasteiger charge is 2.39. The van der Waals surface area contributed by atoms with Crippen molar-refractivity contribution in [2.75, 3.05) is 7.11 Å². The van der Waals surface area contributed by atoms with Crippen LogP contribution in [0.2, 0.25) is 0 Å². The number of carbonyl (C=O) groups is 1. The number of benzene rings is 2. The SMILES string of the molecule is COc1ccc(C2(C#N)CCC(=O)CC2)c2c1oc1ccc(C(F)(F)F)cc12. The third-order valence-corrected chi connectivity index (χ3v) is 5.52. The van der Waals surface area contributed by atoms with Crippen LogP contribution in [0, 0.1) is 11.3 Å². The van der Waals surface area contributed by atoms with Crippen LogP contribution < -0.4 is 4.74 Å². The number of methoxy groups -OCH3 is 1. The Kier molecular flexibility index (Phi) is 4.11. The fourth-order valence-electron chi connectivity index (χ4n) is 3.99. The quantitative estimate of drug-likeness (QED) is 0.581. The van der Waals surface area contributed by atoms with Crippen LogP contribution in [0.25, 0.3) is 21.9 Å². The van der Waals surface area contributed by atoms with Gasteiger partial charge < -0.3 is 9.15 Å². The molecule has 0 spiro atoms. The second-order valence-corrected chi connectivity index (χ2v) is 7.06. The lowest BCUT2D eigenvalue weighted by atomic mass is 9.69. The number of furan rings is 1. The molecule has 7 heteroatoms. The van der Waals surface area contributed by atoms with Crippen LogP contribution in [0.4, 0.5) is 13.2 Å². The maximum atomic E-state index is 13.3. The third-order valence-electron chi connectivity index (χ3n) is 5.52. The number of alkyl halides is 3. The van der Waals surface area contributed by atoms with Crippen LogP contribution in [-0.2, 0) is 16.4 Å². The number of halogens is 3. The van der Waals surface area contributed by atoms with Crippen molar-refractivity contribution in [2.24, 2.45) is 0 Å². The number of hydrogen-bond acceptors (Lipinski definition) is 4. The summed E-state index contributed by atoms with van der Waals surface area (Å²) in [5.41, 5.74) is -0.573. The van der Waals surface area contributed by atoms with Crippen molar-refractivity contribution in [2.45, 2.75) is 37.3 Å². The molecule has 2 aromatic carbocycles. The number of ketones is 1. The average Bonchev–Trinajstić information content (AvgIpc) is 3.06. The zero-order chi connectivity index (χ0) is 20.1. The van der Waals surface area contributed by atoms with Crippen molar-refractivity contribution in [3.63, 3.8) is 0 Å². The van der Waals surface area contributed by atoms with E-state index < -0.39 is 17.2 Å². The number of Topliss-reactive ketones (excluding diaryl/α,β-unsaturated/α-hetero) is 1. The van der Waals surface area contributed by atoms with Gasteiger partial charge in [0.2, 0.25) is 0 Å². The Labute approximate surface area is 158 Å². The van der Waals surface area contributed by atoms with Gasteiger partial charge in [0.15, 0.2) is 11.3 Å². The smallest absolute Gasteiger partial charge is 0.416 e. The summed E-state index contributed by atoms with van der Waals surface area (Å²) in [6, 6.07) is 8.98. The van der Waals surface area contributed by atoms with Crippen LogP contribution in [0.3, 0.4) is 0 Å². The molecular formula is C21H16F3NO3. The first-order chi connectivity index (χ1) is 13.3. The van der Waals surface area contributed by atoms with Crippen LogP contribution in [0.5, 0.6) is 5.75 Å². The predicted octanol–water partition coefficient (Wildman–Crippen LogP) is 5.52. The van der Waals surface area contributed by atoms with Gasteiger partial charge in [0, 0.05) is 23.6 Å². The Morgan fingerprint density at radius 2 is 1.89 bits per heavy atom. The summed E-state index contributed by atoms with van der Waals surface area (Å²) in [5, 5.41) is 10.7. The van der Waals surface area contributed by atoms with E-state index in [0.717, 1.165) is 12.1 Å². The molecule has 1 aromatic heterocycles. The molecule has 144 valence electrons. The van der Waals surface area contributed by atoms with Gasteiger partial charge in [0.25, 0.3) is 0 Å². The van der Waals surface area contributed by atoms with Crippen molar-refractivity contribution in [3.8, 4) is 11.8 Å². The minimum absolute atomic E-state index is 0.0899. The molecule has 1 aliphatic rings. The van der Waals surface area contributed by atoms with Gasteiger partial charge in [-0.1, -0.05) is 6.07 Å². The molecule has 1 aliphatic carbocycles. The molecule has 1 saturated carbocycles. The largest absolute Gasteiger partial charge is 0.493 e. The number of fused-ring (bicyclic) bond motifs is 3. The lowest BCUT2D eigenvalue weighted by molar-refractivity contribution is -0.137. The maximum absolute atomic E-state index is 13.3. The van der Waals surface area contributed by atoms with E-state index in [1.807, 2.05) is 0 Å². The predicted molar refractivity (Wildman–Crippen MR) is 96.0 cm³/mol. The van der Waals surface area contributed by atoms with E-state index in [9.17, 15) is 23.2 Å². The number of rotatable bonds is 2. The number of nitrogens with zero attached hydrogens (tertiary/aromatic N) is 1. The highest BCUT2D eigenvalue weighted by atomic mass is 19.4. The second kappa shape index (κ2) is 6.26. The molecule has 4 rings (SSSR count). The van der Waals surface area contributed by atoms with E-state index in [4.69, 9.17) is 9.15 Å². The van der Waals surface area contributed by atoms with Gasteiger partial charge in [0.1, 0.15) is 11.4 Å². The van der Waals surface area contributed by atoms with Crippen LogP contribution in [0.15, 0.2) is 34.7 Å². The van der Waals surface area contributed by atoms with E-state index >= 15 is 0 Å². The van der Waals surface area contributed by atoms with Crippen molar-refractivity contribution in [1.29, 1.82) is 5.26 Å². The van der Waals surface area contributed by atoms with Gasteiger partial charge in [-0.05, 0) is 42.7 Å². The summed E-state index contributed by atoms with van der Waals surface area (Å²) < 4.78 is 50.9. The number of ether oxygens (including phenoxy) is 1. The summed E-state index contributed by atoms with van der Waals surface area (Å²) in [7, 11) is 1.45. The Morgan fingerprint density at radius 3 is 2.50 bits per heavy atom. The van der Waals surface area contributed by atoms with Crippen molar-refractivity contribution in [1.82, 2.24) is 0 Å². The van der Waals surface area contributed by atoms with Gasteiger partial charge >= 0.3 is 6.18 Å². The summed E-state index contributed by atoms with van der Waals surface area (Å²) >= 11 is 0. The van der Waals surface area contributed by atoms with Gasteiger partial charge in [-0.25, -0.2) is 0 Å². The maximum Gasteiger partial charge on any atom is 0.416 e. The van der Waals surface area contributed by atoms with Crippen molar-refractivity contribution < 1.29 is 27.1 Å². The first-order valence-electron chi connectivity index (χ1n) is 8.83. The van der Waals surface area contributed by atoms with Crippen LogP contribution >= 0.6 is 0 Å². The molecule has 0 radical (unpaired) electrons. The van der Waals surface area contributed by atoms with E-state index in [0.29, 0.717) is 35.1 Å². The normalized spacial score (nSPS) is 17.0. The minimum atomic E-state index is -4.50. The summed E-state index contributed by atoms with van der Waals surface area (Å²) in [4.78, 5) is 11.7. The first-order valence-corrected chi connectivity index (χ1v) is 8.83. The molecule has 0 bridgehead atoms. The lowest BCUT2D eigenvalue weighted by Crippen LogP contribution is -2.30. The molecular weight excluding hydrogens is 371 g/mol. The Morgan fingerprint density at radius 1 is 1.18 bits per heavy atom. The van der Waals surface area contributed by atoms with Gasteiger partial charge in [-0.15, -0.1) is 0 Å². The Balaban J connectivity index is 2.06. The second-order valence-electron chi connectivity index (χ2n) is 7.06. The molecule has 0 aliphatic heterocycles. The van der Waals surface area contributed by atoms with Gasteiger partial charge in [0.05, 0.1) is 24.2 Å². The number of carbonyl (C=O) groups excluding carboxylic acids is 1. The molecule has 0 saturated heterocycles. The highest BCUT2D eigenvalue weighted by Crippen LogP contribution is 2.47. The Hall–Kier alpha value is -3.01. The minimum Gasteiger partial charge on any atom is -0.493 e. The summed E-state index contributed by atoms with van der Waals surface area (Å²) in [6.07, 6.45) is -3.30. The molecule has 28 heavy (non-hydrogen) atoms. The average molecular weight is 387 g/mol. The zero-order valence-electron chi connectivity index (χ0n) is 15.0. The van der Waals surface area contributed by atoms with Crippen LogP contribution in [0.1, 0.15) is 36.8 Å². The summed E-state index contributed by atoms with van der Waals surface area (Å²) in [6.45, 7) is 0. The first kappa shape index (κ1) is 18.4. The monoisotopic (exact) mass is 387 g/mol. The highest BCUT2D eigenvalue weighted by molar-refractivity contribution is 6.09. The molecule has 0 atom stereocenters. The van der Waals surface area contributed by atoms with Gasteiger partial charge in [-0.2, -0.15) is 18.4 Å². The van der Waals surface area contributed by atoms with Crippen LogP contribution in [-0.4, -0.2) is 12.9 Å². The van der Waals surface area contributed by atoms with Crippen molar-refractivity contribution >= 4 is 27.7 Å². The molecule has 0 unspecified atom stereocenters. The molecule has 0 N–H and O–H groups in total. The number of nitriles is 1. The van der Waals surface area contributed by atoms with E-state index in [2.05, 4.69) is 6.07 Å². The molecule has 3 aromatic rings. The molecule has 4 nitrogen and oxygen atoms in total. The third kappa shape index (κ3) is 2.71. The number of hydrogen-bond donors (Lipinski definition) is 0. The Bertz CT molecular complexity index is 1130. The molecule has 1 heterocycles. The zero-order valence-corrected chi connectivity index (χ0v) is 15.0. The molecule has 0 amide bonds. The van der Waals surface area contributed by atoms with E-state index in [1.54, 1.807) is 12.1 Å². The summed E-state index contributed by atoms with van der Waals surface area (Å²) in [5.74, 6) is 0.468. The fourth-order valence-corrected chi connectivity index (χ4v) is 3.99.